The summed E-state index contributed by atoms with van der Waals surface area (Å²) in [5.41, 5.74) is 1.54. The van der Waals surface area contributed by atoms with Crippen LogP contribution in [0.25, 0.3) is 34.6 Å². The molecule has 0 spiro atoms. The molecule has 2 amide bonds. The molecule has 6 heterocycles. The average Bonchev–Trinajstić information content (AvgIpc) is 4.26. The number of thiazole rings is 2. The van der Waals surface area contributed by atoms with E-state index in [1.54, 1.807) is 43.8 Å². The van der Waals surface area contributed by atoms with Crippen molar-refractivity contribution in [1.29, 1.82) is 0 Å². The second-order valence-corrected chi connectivity index (χ2v) is 21.2. The number of hydrogen-bond donors (Lipinski definition) is 0. The molecule has 4 aromatic heterocycles. The molecule has 0 bridgehead atoms. The van der Waals surface area contributed by atoms with Crippen molar-refractivity contribution in [2.24, 2.45) is 110 Å². The first-order valence-corrected chi connectivity index (χ1v) is 27.1. The summed E-state index contributed by atoms with van der Waals surface area (Å²) in [7, 11) is 1.40. The fraction of sp³-hybridized carbons (Fsp3) is 0.571. The number of amides is 2. The summed E-state index contributed by atoms with van der Waals surface area (Å²) >= 11 is 6.63. The Morgan fingerprint density at radius 2 is 1.04 bits per heavy atom. The van der Waals surface area contributed by atoms with Crippen LogP contribution in [0, 0.1) is 12.3 Å². The van der Waals surface area contributed by atoms with Crippen molar-refractivity contribution in [1.82, 2.24) is 19.8 Å². The Balaban J connectivity index is 1.10. The highest BCUT2D eigenvalue weighted by atomic mass is 32.1. The molecule has 74 heavy (non-hydrogen) atoms. The normalized spacial score (nSPS) is 15.2. The van der Waals surface area contributed by atoms with Gasteiger partial charge in [-0.15, -0.1) is 45.3 Å². The van der Waals surface area contributed by atoms with E-state index >= 15 is 0 Å². The molecule has 0 aromatic carbocycles. The van der Waals surface area contributed by atoms with Crippen LogP contribution in [0.1, 0.15) is 115 Å². The average molecular weight is 1090 g/mol. The van der Waals surface area contributed by atoms with Crippen molar-refractivity contribution in [2.75, 3.05) is 40.0 Å². The summed E-state index contributed by atoms with van der Waals surface area (Å²) in [4.78, 5) is 52.3. The van der Waals surface area contributed by atoms with Crippen LogP contribution in [-0.2, 0) is 19.2 Å². The molecule has 0 saturated heterocycles. The minimum atomic E-state index is -0.522. The van der Waals surface area contributed by atoms with Crippen LogP contribution >= 0.6 is 45.3 Å². The number of thiophene rings is 2. The van der Waals surface area contributed by atoms with Crippen LogP contribution in [0.5, 0.6) is 0 Å². The van der Waals surface area contributed by atoms with E-state index in [0.717, 1.165) is 45.3 Å². The SMILES string of the molecule is CCCCCCCCCCOCCCN1C(=O)C2=C(C(C)(C)CCC)N(CCCON=NN=NN=NN=NN=NN=NN=NN=NN=NN=NC)C(=O)C2=C1c1ncc(-c2cc3sc(-c4cnc(C)s4)cc3s2)s1. The van der Waals surface area contributed by atoms with E-state index in [-0.39, 0.29) is 25.0 Å². The van der Waals surface area contributed by atoms with Gasteiger partial charge in [0.05, 0.1) is 38.7 Å². The van der Waals surface area contributed by atoms with Crippen LogP contribution in [-0.4, -0.2) is 71.5 Å². The number of unbranched alkanes of at least 4 members (excludes halogenated alkanes) is 7. The van der Waals surface area contributed by atoms with Gasteiger partial charge in [0.2, 0.25) is 0 Å². The van der Waals surface area contributed by atoms with E-state index in [4.69, 9.17) is 14.6 Å². The van der Waals surface area contributed by atoms with E-state index < -0.39 is 5.41 Å². The Morgan fingerprint density at radius 1 is 0.541 bits per heavy atom. The summed E-state index contributed by atoms with van der Waals surface area (Å²) < 4.78 is 8.45. The summed E-state index contributed by atoms with van der Waals surface area (Å²) in [6, 6.07) is 4.42. The van der Waals surface area contributed by atoms with Crippen molar-refractivity contribution in [3.63, 3.8) is 0 Å². The maximum Gasteiger partial charge on any atom is 0.261 e. The maximum atomic E-state index is 14.9. The van der Waals surface area contributed by atoms with Crippen LogP contribution in [0.3, 0.4) is 0 Å². The van der Waals surface area contributed by atoms with Gasteiger partial charge in [0.1, 0.15) is 11.6 Å². The number of fused-ring (bicyclic) bond motifs is 2. The fourth-order valence-corrected chi connectivity index (χ4v) is 12.3. The predicted octanol–water partition coefficient (Wildman–Crippen LogP) is 15.3. The number of carbonyl (C=O) groups is 2. The molecule has 2 aliphatic heterocycles. The van der Waals surface area contributed by atoms with Gasteiger partial charge in [0.15, 0.2) is 0 Å². The van der Waals surface area contributed by atoms with E-state index in [1.165, 1.54) is 71.2 Å². The second-order valence-electron chi connectivity index (χ2n) is 16.7. The summed E-state index contributed by atoms with van der Waals surface area (Å²) in [5, 5.41) is 65.6. The van der Waals surface area contributed by atoms with Crippen LogP contribution in [0.15, 0.2) is 146 Å². The quantitative estimate of drug-likeness (QED) is 0.0253. The van der Waals surface area contributed by atoms with E-state index in [2.05, 4.69) is 149 Å². The van der Waals surface area contributed by atoms with Gasteiger partial charge < -0.3 is 19.4 Å². The molecule has 0 fully saturated rings. The molecule has 6 rings (SSSR count). The molecule has 2 aliphatic rings. The number of nitrogens with zero attached hydrogens (tertiary/aromatic N) is 24. The number of allylic oxidation sites excluding steroid dienone is 1. The number of ether oxygens (including phenoxy) is 1. The Kier molecular flexibility index (Phi) is 23.1. The first-order valence-electron chi connectivity index (χ1n) is 23.8. The van der Waals surface area contributed by atoms with E-state index in [9.17, 15) is 9.59 Å². The largest absolute Gasteiger partial charge is 0.381 e. The number of rotatable bonds is 33. The lowest BCUT2D eigenvalue weighted by Crippen LogP contribution is -2.36. The van der Waals surface area contributed by atoms with Gasteiger partial charge >= 0.3 is 0 Å². The molecule has 28 nitrogen and oxygen atoms in total. The summed E-state index contributed by atoms with van der Waals surface area (Å²) in [6.45, 7) is 12.4. The highest BCUT2D eigenvalue weighted by Crippen LogP contribution is 2.51. The molecule has 32 heteroatoms. The first kappa shape index (κ1) is 56.4. The third-order valence-corrected chi connectivity index (χ3v) is 15.6. The number of aromatic nitrogens is 2. The minimum Gasteiger partial charge on any atom is -0.381 e. The predicted molar refractivity (Wildman–Crippen MR) is 276 cm³/mol. The molecule has 0 N–H and O–H groups in total. The lowest BCUT2D eigenvalue weighted by atomic mass is 9.82. The van der Waals surface area contributed by atoms with Crippen LogP contribution in [0.2, 0.25) is 0 Å². The van der Waals surface area contributed by atoms with Gasteiger partial charge in [-0.1, -0.05) is 79.1 Å². The monoisotopic (exact) mass is 1090 g/mol. The van der Waals surface area contributed by atoms with E-state index in [1.807, 2.05) is 19.3 Å². The van der Waals surface area contributed by atoms with Crippen LogP contribution < -0.4 is 0 Å². The van der Waals surface area contributed by atoms with Gasteiger partial charge in [-0.2, -0.15) is 5.11 Å². The number of carbonyl (C=O) groups excluding carboxylic acids is 2. The molecule has 4 aromatic rings. The zero-order valence-corrected chi connectivity index (χ0v) is 45.1. The Labute approximate surface area is 441 Å². The third-order valence-electron chi connectivity index (χ3n) is 11.0. The molecule has 392 valence electrons. The molecular weight excluding hydrogens is 1030 g/mol. The van der Waals surface area contributed by atoms with Crippen molar-refractivity contribution >= 4 is 72.3 Å². The van der Waals surface area contributed by atoms with Crippen molar-refractivity contribution < 1.29 is 19.2 Å². The van der Waals surface area contributed by atoms with E-state index in [0.29, 0.717) is 60.1 Å². The minimum absolute atomic E-state index is 0.0755. The highest BCUT2D eigenvalue weighted by Gasteiger charge is 2.52. The topological polar surface area (TPSA) is 332 Å². The fourth-order valence-electron chi connectivity index (χ4n) is 8.00. The second kappa shape index (κ2) is 30.3. The number of hydrogen-bond acceptors (Lipinski definition) is 12. The third kappa shape index (κ3) is 16.3. The standard InChI is InChI=1S/C42H56N24O4S4/c1-7-9-10-11-12-13-14-15-21-69-22-16-19-65-37(39-45-27-34(74-39)32-25-30-29(73-32)24-31(72-30)33-26-44-28(3)71-33)35-36(41(65)68)38(42(4,5)18-8-2)66(40(35)67)20-17-23-70-64-63-62-61-60-59-58-57-56-55-54-53-52-51-50-49-48-47-46-43-6/h24-27H,7-23H2,1-6H3. The molecule has 0 aliphatic carbocycles. The van der Waals surface area contributed by atoms with Gasteiger partial charge in [0, 0.05) is 133 Å². The number of aryl methyl sites for hydroxylation is 1. The van der Waals surface area contributed by atoms with Crippen LogP contribution in [0.4, 0.5) is 0 Å². The molecule has 0 radical (unpaired) electrons. The Hall–Kier alpha value is -6.90. The van der Waals surface area contributed by atoms with Gasteiger partial charge in [-0.05, 0) is 80.1 Å². The van der Waals surface area contributed by atoms with Crippen molar-refractivity contribution in [3.8, 4) is 19.5 Å². The lowest BCUT2D eigenvalue weighted by molar-refractivity contribution is -0.125. The smallest absolute Gasteiger partial charge is 0.261 e. The van der Waals surface area contributed by atoms with Gasteiger partial charge in [-0.25, -0.2) is 9.97 Å². The molecule has 0 atom stereocenters. The lowest BCUT2D eigenvalue weighted by Gasteiger charge is -2.34. The zero-order chi connectivity index (χ0) is 52.4. The summed E-state index contributed by atoms with van der Waals surface area (Å²) in [6.07, 6.45) is 16.1. The highest BCUT2D eigenvalue weighted by molar-refractivity contribution is 7.33. The molecule has 0 unspecified atom stereocenters. The zero-order valence-electron chi connectivity index (χ0n) is 41.8. The van der Waals surface area contributed by atoms with Gasteiger partial charge in [-0.3, -0.25) is 9.59 Å². The van der Waals surface area contributed by atoms with Crippen molar-refractivity contribution in [2.45, 2.75) is 112 Å². The van der Waals surface area contributed by atoms with Gasteiger partial charge in [0.25, 0.3) is 11.8 Å². The first-order chi connectivity index (χ1) is 36.2. The Bertz CT molecular complexity index is 2820. The van der Waals surface area contributed by atoms with Crippen molar-refractivity contribution in [3.05, 3.63) is 51.4 Å². The Morgan fingerprint density at radius 3 is 1.61 bits per heavy atom. The molecular formula is C42H56N24O4S4. The maximum absolute atomic E-state index is 14.9. The summed E-state index contributed by atoms with van der Waals surface area (Å²) in [5.74, 6) is -0.448. The molecule has 0 saturated carbocycles.